The van der Waals surface area contributed by atoms with Gasteiger partial charge in [0.2, 0.25) is 0 Å². The molecule has 1 aliphatic rings. The summed E-state index contributed by atoms with van der Waals surface area (Å²) < 4.78 is 10.8. The highest BCUT2D eigenvalue weighted by atomic mass is 16.5. The minimum atomic E-state index is -0.215. The lowest BCUT2D eigenvalue weighted by Crippen LogP contribution is -2.29. The molecule has 0 radical (unpaired) electrons. The molecular weight excluding hydrogens is 240 g/mol. The van der Waals surface area contributed by atoms with Gasteiger partial charge < -0.3 is 9.47 Å². The minimum absolute atomic E-state index is 0.0911. The van der Waals surface area contributed by atoms with Crippen LogP contribution in [0.4, 0.5) is 0 Å². The summed E-state index contributed by atoms with van der Waals surface area (Å²) in [6.45, 7) is 2.17. The van der Waals surface area contributed by atoms with E-state index in [0.717, 1.165) is 25.0 Å². The average Bonchev–Trinajstić information content (AvgIpc) is 2.48. The quantitative estimate of drug-likeness (QED) is 0.774. The molecule has 104 valence electrons. The number of benzene rings is 1. The smallest absolute Gasteiger partial charge is 0.338 e. The highest BCUT2D eigenvalue weighted by molar-refractivity contribution is 5.89. The molecule has 0 spiro atoms. The monoisotopic (exact) mass is 262 g/mol. The second-order valence-corrected chi connectivity index (χ2v) is 5.13. The number of ether oxygens (including phenoxy) is 2. The molecule has 0 amide bonds. The molecule has 0 bridgehead atoms. The van der Waals surface area contributed by atoms with Crippen LogP contribution in [0.15, 0.2) is 24.3 Å². The topological polar surface area (TPSA) is 35.5 Å². The van der Waals surface area contributed by atoms with Crippen LogP contribution in [0, 0.1) is 5.92 Å². The third-order valence-electron chi connectivity index (χ3n) is 3.95. The number of hydrogen-bond acceptors (Lipinski definition) is 3. The number of carbonyl (C=O) groups excluding carboxylic acids is 1. The summed E-state index contributed by atoms with van der Waals surface area (Å²) in [6, 6.07) is 7.08. The fraction of sp³-hybridized carbons (Fsp3) is 0.562. The van der Waals surface area contributed by atoms with Gasteiger partial charge in [0.05, 0.1) is 12.7 Å². The van der Waals surface area contributed by atoms with Crippen LogP contribution in [0.2, 0.25) is 0 Å². The van der Waals surface area contributed by atoms with Gasteiger partial charge in [0.25, 0.3) is 0 Å². The predicted octanol–water partition coefficient (Wildman–Crippen LogP) is 3.82. The summed E-state index contributed by atoms with van der Waals surface area (Å²) in [5, 5.41) is 0. The number of esters is 1. The maximum Gasteiger partial charge on any atom is 0.338 e. The first-order chi connectivity index (χ1) is 9.24. The van der Waals surface area contributed by atoms with E-state index in [1.54, 1.807) is 31.4 Å². The molecule has 0 N–H and O–H groups in total. The van der Waals surface area contributed by atoms with Gasteiger partial charge in [-0.1, -0.05) is 13.3 Å². The SMILES string of the molecule is CCC1CCCCC1OC(=O)c1ccc(OC)cc1. The molecular formula is C16H22O3. The van der Waals surface area contributed by atoms with Crippen molar-refractivity contribution in [2.45, 2.75) is 45.1 Å². The maximum absolute atomic E-state index is 12.1. The first-order valence-electron chi connectivity index (χ1n) is 7.09. The van der Waals surface area contributed by atoms with Crippen LogP contribution in [0.3, 0.4) is 0 Å². The second-order valence-electron chi connectivity index (χ2n) is 5.13. The third kappa shape index (κ3) is 3.49. The van der Waals surface area contributed by atoms with Crippen molar-refractivity contribution in [1.82, 2.24) is 0 Å². The van der Waals surface area contributed by atoms with Gasteiger partial charge in [-0.15, -0.1) is 0 Å². The van der Waals surface area contributed by atoms with Crippen LogP contribution in [0.1, 0.15) is 49.4 Å². The van der Waals surface area contributed by atoms with E-state index in [1.165, 1.54) is 12.8 Å². The molecule has 1 saturated carbocycles. The standard InChI is InChI=1S/C16H22O3/c1-3-12-6-4-5-7-15(12)19-16(17)13-8-10-14(18-2)11-9-13/h8-12,15H,3-7H2,1-2H3. The maximum atomic E-state index is 12.1. The summed E-state index contributed by atoms with van der Waals surface area (Å²) in [5.41, 5.74) is 0.598. The van der Waals surface area contributed by atoms with E-state index < -0.39 is 0 Å². The Bertz CT molecular complexity index is 411. The Labute approximate surface area is 114 Å². The number of methoxy groups -OCH3 is 1. The van der Waals surface area contributed by atoms with E-state index in [-0.39, 0.29) is 12.1 Å². The Morgan fingerprint density at radius 3 is 2.53 bits per heavy atom. The zero-order valence-corrected chi connectivity index (χ0v) is 11.7. The van der Waals surface area contributed by atoms with Crippen LogP contribution in [0.5, 0.6) is 5.75 Å². The lowest BCUT2D eigenvalue weighted by Gasteiger charge is -2.30. The van der Waals surface area contributed by atoms with Crippen LogP contribution in [0.25, 0.3) is 0 Å². The van der Waals surface area contributed by atoms with Crippen molar-refractivity contribution >= 4 is 5.97 Å². The largest absolute Gasteiger partial charge is 0.497 e. The lowest BCUT2D eigenvalue weighted by atomic mass is 9.85. The van der Waals surface area contributed by atoms with Crippen molar-refractivity contribution in [3.8, 4) is 5.75 Å². The van der Waals surface area contributed by atoms with Crippen molar-refractivity contribution in [3.63, 3.8) is 0 Å². The number of carbonyl (C=O) groups is 1. The summed E-state index contributed by atoms with van der Waals surface area (Å²) in [4.78, 5) is 12.1. The Hall–Kier alpha value is -1.51. The molecule has 19 heavy (non-hydrogen) atoms. The van der Waals surface area contributed by atoms with E-state index >= 15 is 0 Å². The van der Waals surface area contributed by atoms with E-state index in [9.17, 15) is 4.79 Å². The number of hydrogen-bond donors (Lipinski definition) is 0. The van der Waals surface area contributed by atoms with Gasteiger partial charge in [-0.05, 0) is 55.9 Å². The van der Waals surface area contributed by atoms with Gasteiger partial charge in [0.1, 0.15) is 11.9 Å². The molecule has 1 aromatic carbocycles. The molecule has 3 heteroatoms. The summed E-state index contributed by atoms with van der Waals surface area (Å²) in [7, 11) is 1.61. The normalized spacial score (nSPS) is 22.8. The predicted molar refractivity (Wildman–Crippen MR) is 74.4 cm³/mol. The molecule has 0 aromatic heterocycles. The molecule has 0 saturated heterocycles. The second kappa shape index (κ2) is 6.60. The Morgan fingerprint density at radius 2 is 1.89 bits per heavy atom. The van der Waals surface area contributed by atoms with E-state index in [2.05, 4.69) is 6.92 Å². The van der Waals surface area contributed by atoms with Crippen LogP contribution >= 0.6 is 0 Å². The summed E-state index contributed by atoms with van der Waals surface area (Å²) in [6.07, 6.45) is 5.78. The van der Waals surface area contributed by atoms with E-state index in [1.807, 2.05) is 0 Å². The fourth-order valence-corrected chi connectivity index (χ4v) is 2.73. The highest BCUT2D eigenvalue weighted by Gasteiger charge is 2.27. The summed E-state index contributed by atoms with van der Waals surface area (Å²) >= 11 is 0. The zero-order chi connectivity index (χ0) is 13.7. The molecule has 2 rings (SSSR count). The molecule has 3 nitrogen and oxygen atoms in total. The van der Waals surface area contributed by atoms with Crippen LogP contribution in [-0.2, 0) is 4.74 Å². The molecule has 2 atom stereocenters. The molecule has 1 aromatic rings. The van der Waals surface area contributed by atoms with Crippen molar-refractivity contribution in [2.24, 2.45) is 5.92 Å². The van der Waals surface area contributed by atoms with Crippen molar-refractivity contribution in [2.75, 3.05) is 7.11 Å². The molecule has 1 aliphatic carbocycles. The van der Waals surface area contributed by atoms with Crippen LogP contribution < -0.4 is 4.74 Å². The molecule has 0 aliphatic heterocycles. The Kier molecular flexibility index (Phi) is 4.83. The molecule has 1 fully saturated rings. The average molecular weight is 262 g/mol. The van der Waals surface area contributed by atoms with Crippen molar-refractivity contribution in [1.29, 1.82) is 0 Å². The Morgan fingerprint density at radius 1 is 1.21 bits per heavy atom. The number of rotatable bonds is 4. The minimum Gasteiger partial charge on any atom is -0.497 e. The molecule has 0 heterocycles. The third-order valence-corrected chi connectivity index (χ3v) is 3.95. The van der Waals surface area contributed by atoms with Crippen LogP contribution in [-0.4, -0.2) is 19.2 Å². The van der Waals surface area contributed by atoms with Crippen molar-refractivity contribution < 1.29 is 14.3 Å². The van der Waals surface area contributed by atoms with E-state index in [4.69, 9.17) is 9.47 Å². The first kappa shape index (κ1) is 13.9. The Balaban J connectivity index is 1.98. The van der Waals surface area contributed by atoms with Crippen molar-refractivity contribution in [3.05, 3.63) is 29.8 Å². The zero-order valence-electron chi connectivity index (χ0n) is 11.7. The van der Waals surface area contributed by atoms with Gasteiger partial charge in [-0.25, -0.2) is 4.79 Å². The highest BCUT2D eigenvalue weighted by Crippen LogP contribution is 2.29. The first-order valence-corrected chi connectivity index (χ1v) is 7.09. The van der Waals surface area contributed by atoms with E-state index in [0.29, 0.717) is 11.5 Å². The van der Waals surface area contributed by atoms with Gasteiger partial charge in [0, 0.05) is 0 Å². The fourth-order valence-electron chi connectivity index (χ4n) is 2.73. The van der Waals surface area contributed by atoms with Gasteiger partial charge >= 0.3 is 5.97 Å². The van der Waals surface area contributed by atoms with Gasteiger partial charge in [-0.2, -0.15) is 0 Å². The lowest BCUT2D eigenvalue weighted by molar-refractivity contribution is 0.000709. The molecule has 2 unspecified atom stereocenters. The van der Waals surface area contributed by atoms with Gasteiger partial charge in [-0.3, -0.25) is 0 Å². The van der Waals surface area contributed by atoms with Gasteiger partial charge in [0.15, 0.2) is 0 Å². The summed E-state index contributed by atoms with van der Waals surface area (Å²) in [5.74, 6) is 1.06.